The second kappa shape index (κ2) is 5.72. The van der Waals surface area contributed by atoms with E-state index >= 15 is 0 Å². The number of hydrogen-bond acceptors (Lipinski definition) is 5. The number of anilines is 1. The van der Waals surface area contributed by atoms with E-state index < -0.39 is 9.84 Å². The molecular formula is C13H14N2O3S2. The largest absolute Gasteiger partial charge is 0.301 e. The van der Waals surface area contributed by atoms with E-state index in [4.69, 9.17) is 0 Å². The minimum Gasteiger partial charge on any atom is -0.301 e. The van der Waals surface area contributed by atoms with E-state index in [1.807, 2.05) is 0 Å². The van der Waals surface area contributed by atoms with Crippen LogP contribution in [0.15, 0.2) is 40.7 Å². The SMILES string of the molecule is CC(C(=O)Nc1nccs1)c1ccc(S(C)(=O)=O)cc1. The van der Waals surface area contributed by atoms with Gasteiger partial charge in [0.15, 0.2) is 15.0 Å². The summed E-state index contributed by atoms with van der Waals surface area (Å²) in [6.07, 6.45) is 2.77. The molecular weight excluding hydrogens is 296 g/mol. The number of nitrogens with zero attached hydrogens (tertiary/aromatic N) is 1. The maximum absolute atomic E-state index is 12.0. The van der Waals surface area contributed by atoms with Gasteiger partial charge >= 0.3 is 0 Å². The molecule has 0 saturated carbocycles. The third kappa shape index (κ3) is 3.43. The molecule has 0 saturated heterocycles. The highest BCUT2D eigenvalue weighted by Gasteiger charge is 2.17. The van der Waals surface area contributed by atoms with Crippen LogP contribution in [0.4, 0.5) is 5.13 Å². The molecule has 1 unspecified atom stereocenters. The summed E-state index contributed by atoms with van der Waals surface area (Å²) in [6.45, 7) is 1.76. The van der Waals surface area contributed by atoms with Crippen molar-refractivity contribution in [2.24, 2.45) is 0 Å². The Balaban J connectivity index is 2.13. The molecule has 5 nitrogen and oxygen atoms in total. The Morgan fingerprint density at radius 3 is 2.45 bits per heavy atom. The van der Waals surface area contributed by atoms with Gasteiger partial charge in [-0.15, -0.1) is 11.3 Å². The lowest BCUT2D eigenvalue weighted by Crippen LogP contribution is -2.18. The number of thiazole rings is 1. The van der Waals surface area contributed by atoms with Gasteiger partial charge < -0.3 is 5.32 Å². The van der Waals surface area contributed by atoms with E-state index in [0.29, 0.717) is 5.13 Å². The lowest BCUT2D eigenvalue weighted by atomic mass is 10.0. The Bertz CT molecular complexity index is 692. The normalized spacial score (nSPS) is 12.9. The highest BCUT2D eigenvalue weighted by atomic mass is 32.2. The Morgan fingerprint density at radius 2 is 1.95 bits per heavy atom. The van der Waals surface area contributed by atoms with Gasteiger partial charge in [-0.25, -0.2) is 13.4 Å². The number of carbonyl (C=O) groups is 1. The van der Waals surface area contributed by atoms with Crippen molar-refractivity contribution >= 4 is 32.2 Å². The van der Waals surface area contributed by atoms with Crippen molar-refractivity contribution < 1.29 is 13.2 Å². The maximum atomic E-state index is 12.0. The lowest BCUT2D eigenvalue weighted by Gasteiger charge is -2.11. The predicted molar refractivity (Wildman–Crippen MR) is 78.7 cm³/mol. The Morgan fingerprint density at radius 1 is 1.30 bits per heavy atom. The van der Waals surface area contributed by atoms with Gasteiger partial charge in [-0.05, 0) is 24.6 Å². The Labute approximate surface area is 121 Å². The van der Waals surface area contributed by atoms with Gasteiger partial charge in [-0.1, -0.05) is 12.1 Å². The third-order valence-electron chi connectivity index (χ3n) is 2.86. The number of rotatable bonds is 4. The molecule has 1 heterocycles. The summed E-state index contributed by atoms with van der Waals surface area (Å²) >= 11 is 1.35. The first kappa shape index (κ1) is 14.7. The molecule has 1 aromatic heterocycles. The van der Waals surface area contributed by atoms with Crippen molar-refractivity contribution in [2.75, 3.05) is 11.6 Å². The summed E-state index contributed by atoms with van der Waals surface area (Å²) in [5, 5.41) is 5.04. The number of carbonyl (C=O) groups excluding carboxylic acids is 1. The minimum absolute atomic E-state index is 0.174. The molecule has 0 radical (unpaired) electrons. The van der Waals surface area contributed by atoms with Crippen molar-refractivity contribution in [1.82, 2.24) is 4.98 Å². The van der Waals surface area contributed by atoms with E-state index in [0.717, 1.165) is 11.8 Å². The standard InChI is InChI=1S/C13H14N2O3S2/c1-9(12(16)15-13-14-7-8-19-13)10-3-5-11(6-4-10)20(2,17)18/h3-9H,1-2H3,(H,14,15,16). The third-order valence-corrected chi connectivity index (χ3v) is 4.68. The first-order valence-electron chi connectivity index (χ1n) is 5.88. The first-order chi connectivity index (χ1) is 9.38. The van der Waals surface area contributed by atoms with E-state index in [2.05, 4.69) is 10.3 Å². The average molecular weight is 310 g/mol. The van der Waals surface area contributed by atoms with Crippen LogP contribution in [0.25, 0.3) is 0 Å². The Hall–Kier alpha value is -1.73. The molecule has 2 rings (SSSR count). The van der Waals surface area contributed by atoms with Gasteiger partial charge in [-0.2, -0.15) is 0 Å². The zero-order valence-corrected chi connectivity index (χ0v) is 12.7. The van der Waals surface area contributed by atoms with Crippen LogP contribution in [-0.4, -0.2) is 25.6 Å². The van der Waals surface area contributed by atoms with E-state index in [-0.39, 0.29) is 16.7 Å². The van der Waals surface area contributed by atoms with E-state index in [9.17, 15) is 13.2 Å². The topological polar surface area (TPSA) is 76.1 Å². The Kier molecular flexibility index (Phi) is 4.20. The van der Waals surface area contributed by atoms with E-state index in [1.54, 1.807) is 30.6 Å². The van der Waals surface area contributed by atoms with Crippen LogP contribution in [0.1, 0.15) is 18.4 Å². The lowest BCUT2D eigenvalue weighted by molar-refractivity contribution is -0.117. The smallest absolute Gasteiger partial charge is 0.233 e. The van der Waals surface area contributed by atoms with Gasteiger partial charge in [0.2, 0.25) is 5.91 Å². The van der Waals surface area contributed by atoms with Crippen molar-refractivity contribution in [3.63, 3.8) is 0 Å². The van der Waals surface area contributed by atoms with Gasteiger partial charge in [0.05, 0.1) is 10.8 Å². The number of nitrogens with one attached hydrogen (secondary N) is 1. The van der Waals surface area contributed by atoms with Crippen LogP contribution in [0.2, 0.25) is 0 Å². The summed E-state index contributed by atoms with van der Waals surface area (Å²) in [6, 6.07) is 6.33. The summed E-state index contributed by atoms with van der Waals surface area (Å²) < 4.78 is 22.7. The fourth-order valence-electron chi connectivity index (χ4n) is 1.65. The molecule has 0 aliphatic carbocycles. The van der Waals surface area contributed by atoms with Gasteiger partial charge in [0.1, 0.15) is 0 Å². The van der Waals surface area contributed by atoms with Crippen LogP contribution in [0.5, 0.6) is 0 Å². The number of hydrogen-bond donors (Lipinski definition) is 1. The van der Waals surface area contributed by atoms with Gasteiger partial charge in [0.25, 0.3) is 0 Å². The molecule has 1 atom stereocenters. The zero-order valence-electron chi connectivity index (χ0n) is 11.0. The van der Waals surface area contributed by atoms with Gasteiger partial charge in [0, 0.05) is 17.8 Å². The highest BCUT2D eigenvalue weighted by Crippen LogP contribution is 2.20. The molecule has 20 heavy (non-hydrogen) atoms. The molecule has 2 aromatic rings. The maximum Gasteiger partial charge on any atom is 0.233 e. The van der Waals surface area contributed by atoms with Crippen LogP contribution in [-0.2, 0) is 14.6 Å². The first-order valence-corrected chi connectivity index (χ1v) is 8.65. The van der Waals surface area contributed by atoms with Crippen LogP contribution in [0.3, 0.4) is 0 Å². The number of amides is 1. The fourth-order valence-corrected chi connectivity index (χ4v) is 2.82. The molecule has 7 heteroatoms. The summed E-state index contributed by atoms with van der Waals surface area (Å²) in [5.74, 6) is -0.556. The zero-order chi connectivity index (χ0) is 14.8. The molecule has 0 bridgehead atoms. The molecule has 0 fully saturated rings. The molecule has 1 aromatic carbocycles. The predicted octanol–water partition coefficient (Wildman–Crippen LogP) is 2.29. The van der Waals surface area contributed by atoms with Crippen molar-refractivity contribution in [1.29, 1.82) is 0 Å². The molecule has 106 valence electrons. The second-order valence-electron chi connectivity index (χ2n) is 4.39. The van der Waals surface area contributed by atoms with Crippen molar-refractivity contribution in [3.05, 3.63) is 41.4 Å². The van der Waals surface area contributed by atoms with Crippen molar-refractivity contribution in [2.45, 2.75) is 17.7 Å². The van der Waals surface area contributed by atoms with Crippen molar-refractivity contribution in [3.8, 4) is 0 Å². The molecule has 1 amide bonds. The number of benzene rings is 1. The molecule has 0 aliphatic heterocycles. The molecule has 1 N–H and O–H groups in total. The average Bonchev–Trinajstić information content (AvgIpc) is 2.90. The fraction of sp³-hybridized carbons (Fsp3) is 0.231. The van der Waals surface area contributed by atoms with Crippen LogP contribution >= 0.6 is 11.3 Å². The molecule has 0 spiro atoms. The number of aromatic nitrogens is 1. The van der Waals surface area contributed by atoms with E-state index in [1.165, 1.54) is 23.5 Å². The second-order valence-corrected chi connectivity index (χ2v) is 7.30. The minimum atomic E-state index is -3.22. The van der Waals surface area contributed by atoms with Crippen LogP contribution in [0, 0.1) is 0 Å². The monoisotopic (exact) mass is 310 g/mol. The van der Waals surface area contributed by atoms with Gasteiger partial charge in [-0.3, -0.25) is 4.79 Å². The molecule has 0 aliphatic rings. The quantitative estimate of drug-likeness (QED) is 0.940. The summed E-state index contributed by atoms with van der Waals surface area (Å²) in [4.78, 5) is 16.3. The number of sulfone groups is 1. The highest BCUT2D eigenvalue weighted by molar-refractivity contribution is 7.90. The van der Waals surface area contributed by atoms with Crippen LogP contribution < -0.4 is 5.32 Å². The summed E-state index contributed by atoms with van der Waals surface area (Å²) in [7, 11) is -3.22. The summed E-state index contributed by atoms with van der Waals surface area (Å²) in [5.41, 5.74) is 0.756.